The summed E-state index contributed by atoms with van der Waals surface area (Å²) in [4.78, 5) is 0. The van der Waals surface area contributed by atoms with Crippen LogP contribution in [0.5, 0.6) is 0 Å². The molecule has 0 bridgehead atoms. The van der Waals surface area contributed by atoms with Gasteiger partial charge in [-0.1, -0.05) is 158 Å². The van der Waals surface area contributed by atoms with Gasteiger partial charge in [0.2, 0.25) is 0 Å². The summed E-state index contributed by atoms with van der Waals surface area (Å²) in [7, 11) is 0. The molecule has 5 aromatic rings. The van der Waals surface area contributed by atoms with Gasteiger partial charge in [0.15, 0.2) is 5.82 Å². The van der Waals surface area contributed by atoms with Crippen molar-refractivity contribution in [3.63, 3.8) is 0 Å². The fraction of sp³-hybridized carbons (Fsp3) is 0.182. The molecule has 5 rings (SSSR count). The highest BCUT2D eigenvalue weighted by molar-refractivity contribution is 9.08. The van der Waals surface area contributed by atoms with Crippen LogP contribution in [-0.2, 0) is 10.9 Å². The first-order valence-electron chi connectivity index (χ1n) is 12.8. The van der Waals surface area contributed by atoms with Crippen LogP contribution in [0.3, 0.4) is 0 Å². The predicted octanol–water partition coefficient (Wildman–Crippen LogP) is 7.89. The zero-order valence-electron chi connectivity index (χ0n) is 21.9. The highest BCUT2D eigenvalue weighted by Gasteiger charge is 2.42. The number of halogens is 1. The van der Waals surface area contributed by atoms with Gasteiger partial charge in [-0.05, 0) is 43.7 Å². The molecular formula is C33H31BrN4. The Hall–Kier alpha value is -3.83. The largest absolute Gasteiger partial charge is 0.205 e. The molecule has 0 saturated carbocycles. The Morgan fingerprint density at radius 1 is 0.711 bits per heavy atom. The number of hydrogen-bond donors (Lipinski definition) is 0. The van der Waals surface area contributed by atoms with Gasteiger partial charge in [-0.3, -0.25) is 0 Å². The van der Waals surface area contributed by atoms with Gasteiger partial charge in [0.25, 0.3) is 0 Å². The lowest BCUT2D eigenvalue weighted by molar-refractivity contribution is 0.442. The first kappa shape index (κ1) is 25.8. The van der Waals surface area contributed by atoms with E-state index in [9.17, 15) is 0 Å². The van der Waals surface area contributed by atoms with Crippen LogP contribution in [0, 0.1) is 5.41 Å². The topological polar surface area (TPSA) is 43.6 Å². The second-order valence-electron chi connectivity index (χ2n) is 10.5. The Balaban J connectivity index is 1.87. The van der Waals surface area contributed by atoms with Gasteiger partial charge in [0, 0.05) is 10.9 Å². The Kier molecular flexibility index (Phi) is 7.39. The van der Waals surface area contributed by atoms with Crippen molar-refractivity contribution < 1.29 is 0 Å². The van der Waals surface area contributed by atoms with Crippen molar-refractivity contribution >= 4 is 21.5 Å². The van der Waals surface area contributed by atoms with Crippen LogP contribution >= 0.6 is 15.9 Å². The van der Waals surface area contributed by atoms with E-state index in [1.54, 1.807) is 0 Å². The molecule has 5 heteroatoms. The molecule has 0 aliphatic rings. The van der Waals surface area contributed by atoms with E-state index >= 15 is 0 Å². The third kappa shape index (κ3) is 4.99. The number of rotatable bonds is 7. The minimum atomic E-state index is -0.796. The molecule has 0 N–H and O–H groups in total. The highest BCUT2D eigenvalue weighted by Crippen LogP contribution is 2.42. The summed E-state index contributed by atoms with van der Waals surface area (Å²) in [5.41, 5.74) is 5.63. The van der Waals surface area contributed by atoms with Gasteiger partial charge in [-0.25, -0.2) is 4.68 Å². The van der Waals surface area contributed by atoms with E-state index in [-0.39, 0.29) is 5.41 Å². The third-order valence-electron chi connectivity index (χ3n) is 6.60. The molecule has 0 unspecified atom stereocenters. The number of tetrazole rings is 1. The maximum absolute atomic E-state index is 4.74. The zero-order chi connectivity index (χ0) is 26.6. The van der Waals surface area contributed by atoms with Crippen molar-refractivity contribution in [2.24, 2.45) is 5.41 Å². The van der Waals surface area contributed by atoms with E-state index in [1.165, 1.54) is 5.56 Å². The summed E-state index contributed by atoms with van der Waals surface area (Å²) >= 11 is 3.57. The smallest absolute Gasteiger partial charge is 0.183 e. The van der Waals surface area contributed by atoms with Crippen molar-refractivity contribution in [3.8, 4) is 0 Å². The second-order valence-corrected chi connectivity index (χ2v) is 11.0. The molecule has 1 aromatic heterocycles. The molecule has 0 aliphatic heterocycles. The minimum Gasteiger partial charge on any atom is -0.205 e. The molecule has 0 radical (unpaired) electrons. The van der Waals surface area contributed by atoms with Gasteiger partial charge in [0.05, 0.1) is 0 Å². The number of benzene rings is 4. The van der Waals surface area contributed by atoms with Crippen LogP contribution < -0.4 is 0 Å². The number of allylic oxidation sites excluding steroid dienone is 1. The molecule has 0 amide bonds. The molecule has 190 valence electrons. The first-order valence-corrected chi connectivity index (χ1v) is 13.9. The van der Waals surface area contributed by atoms with Gasteiger partial charge in [-0.15, -0.1) is 5.10 Å². The van der Waals surface area contributed by atoms with Crippen LogP contribution in [0.15, 0.2) is 121 Å². The number of nitrogens with zero attached hydrogens (tertiary/aromatic N) is 4. The lowest BCUT2D eigenvalue weighted by Gasteiger charge is -2.36. The van der Waals surface area contributed by atoms with Crippen LogP contribution in [0.25, 0.3) is 5.57 Å². The Bertz CT molecular complexity index is 1400. The lowest BCUT2D eigenvalue weighted by atomic mass is 9.76. The monoisotopic (exact) mass is 562 g/mol. The zero-order valence-corrected chi connectivity index (χ0v) is 23.5. The van der Waals surface area contributed by atoms with Crippen molar-refractivity contribution in [1.82, 2.24) is 20.2 Å². The maximum atomic E-state index is 4.74. The highest BCUT2D eigenvalue weighted by atomic mass is 79.9. The van der Waals surface area contributed by atoms with E-state index in [0.29, 0.717) is 5.82 Å². The molecule has 0 atom stereocenters. The molecule has 1 heterocycles. The second kappa shape index (κ2) is 10.9. The minimum absolute atomic E-state index is 0.102. The van der Waals surface area contributed by atoms with E-state index in [1.807, 2.05) is 22.9 Å². The molecular weight excluding hydrogens is 532 g/mol. The number of hydrogen-bond acceptors (Lipinski definition) is 3. The maximum Gasteiger partial charge on any atom is 0.183 e. The summed E-state index contributed by atoms with van der Waals surface area (Å²) in [6.45, 7) is 6.60. The average Bonchev–Trinajstić information content (AvgIpc) is 3.43. The van der Waals surface area contributed by atoms with Crippen LogP contribution in [0.4, 0.5) is 0 Å². The number of aromatic nitrogens is 4. The van der Waals surface area contributed by atoms with Crippen LogP contribution in [0.2, 0.25) is 0 Å². The molecule has 0 saturated heterocycles. The Morgan fingerprint density at radius 3 is 1.61 bits per heavy atom. The summed E-state index contributed by atoms with van der Waals surface area (Å²) in [6.07, 6.45) is 2.27. The molecule has 0 aliphatic carbocycles. The fourth-order valence-electron chi connectivity index (χ4n) is 4.97. The molecule has 4 nitrogen and oxygen atoms in total. The van der Waals surface area contributed by atoms with E-state index < -0.39 is 5.54 Å². The third-order valence-corrected chi connectivity index (χ3v) is 7.25. The fourth-order valence-corrected chi connectivity index (χ4v) is 5.34. The summed E-state index contributed by atoms with van der Waals surface area (Å²) in [6, 6.07) is 40.1. The van der Waals surface area contributed by atoms with E-state index in [4.69, 9.17) is 5.21 Å². The Labute approximate surface area is 233 Å². The quantitative estimate of drug-likeness (QED) is 0.149. The molecule has 38 heavy (non-hydrogen) atoms. The van der Waals surface area contributed by atoms with E-state index in [2.05, 4.69) is 150 Å². The number of alkyl halides is 1. The van der Waals surface area contributed by atoms with Crippen LogP contribution in [-0.4, -0.2) is 20.2 Å². The molecule has 4 aromatic carbocycles. The first-order chi connectivity index (χ1) is 18.4. The van der Waals surface area contributed by atoms with E-state index in [0.717, 1.165) is 33.2 Å². The standard InChI is InChI=1S/C33H31BrN4/c1-32(2,3)23-30(26-21-19-25(24-34)20-22-26)31-35-36-37-38(31)33(27-13-7-4-8-14-27,28-15-9-5-10-16-28)29-17-11-6-12-18-29/h4-23H,24H2,1-3H3. The molecule has 0 spiro atoms. The average molecular weight is 564 g/mol. The lowest BCUT2D eigenvalue weighted by Crippen LogP contribution is -2.40. The predicted molar refractivity (Wildman–Crippen MR) is 158 cm³/mol. The van der Waals surface area contributed by atoms with Crippen molar-refractivity contribution in [3.05, 3.63) is 155 Å². The summed E-state index contributed by atoms with van der Waals surface area (Å²) in [5, 5.41) is 14.5. The van der Waals surface area contributed by atoms with Gasteiger partial charge < -0.3 is 0 Å². The van der Waals surface area contributed by atoms with Gasteiger partial charge >= 0.3 is 0 Å². The summed E-state index contributed by atoms with van der Waals surface area (Å²) in [5.74, 6) is 0.711. The Morgan fingerprint density at radius 2 is 1.18 bits per heavy atom. The van der Waals surface area contributed by atoms with Crippen molar-refractivity contribution in [2.45, 2.75) is 31.6 Å². The van der Waals surface area contributed by atoms with Crippen molar-refractivity contribution in [2.75, 3.05) is 0 Å². The van der Waals surface area contributed by atoms with Gasteiger partial charge in [0.1, 0.15) is 5.54 Å². The van der Waals surface area contributed by atoms with Gasteiger partial charge in [-0.2, -0.15) is 0 Å². The normalized spacial score (nSPS) is 12.5. The van der Waals surface area contributed by atoms with Crippen LogP contribution in [0.1, 0.15) is 54.4 Å². The summed E-state index contributed by atoms with van der Waals surface area (Å²) < 4.78 is 2.00. The SMILES string of the molecule is CC(C)(C)C=C(c1ccc(CBr)cc1)c1nnnn1C(c1ccccc1)(c1ccccc1)c1ccccc1. The van der Waals surface area contributed by atoms with Crippen molar-refractivity contribution in [1.29, 1.82) is 0 Å². The molecule has 0 fully saturated rings.